The highest BCUT2D eigenvalue weighted by molar-refractivity contribution is 5.98. The molecule has 0 fully saturated rings. The second kappa shape index (κ2) is 6.70. The Morgan fingerprint density at radius 3 is 2.68 bits per heavy atom. The minimum atomic E-state index is -0.600. The average Bonchev–Trinajstić information content (AvgIpc) is 2.46. The van der Waals surface area contributed by atoms with Gasteiger partial charge in [-0.3, -0.25) is 4.90 Å². The predicted octanol–water partition coefficient (Wildman–Crippen LogP) is 2.75. The van der Waals surface area contributed by atoms with E-state index >= 15 is 0 Å². The summed E-state index contributed by atoms with van der Waals surface area (Å²) in [5.41, 5.74) is 0.155. The van der Waals surface area contributed by atoms with Crippen LogP contribution in [-0.2, 0) is 4.74 Å². The maximum atomic E-state index is 12.5. The van der Waals surface area contributed by atoms with E-state index in [0.29, 0.717) is 18.8 Å². The Hall–Kier alpha value is -2.21. The lowest BCUT2D eigenvalue weighted by Crippen LogP contribution is -2.38. The lowest BCUT2D eigenvalue weighted by atomic mass is 10.2. The largest absolute Gasteiger partial charge is 0.443 e. The molecule has 1 aromatic heterocycles. The van der Waals surface area contributed by atoms with Gasteiger partial charge >= 0.3 is 6.09 Å². The molecule has 1 amide bonds. The SMILES string of the molecule is CC(C)(C)OC(=O)N(CCCO)c1ncnc2ccccc12. The molecule has 0 aliphatic carbocycles. The van der Waals surface area contributed by atoms with Crippen LogP contribution in [0.25, 0.3) is 10.9 Å². The number of nitrogens with zero attached hydrogens (tertiary/aromatic N) is 3. The van der Waals surface area contributed by atoms with E-state index in [1.165, 1.54) is 11.2 Å². The molecule has 0 aliphatic heterocycles. The molecule has 0 aliphatic rings. The number of anilines is 1. The van der Waals surface area contributed by atoms with Crippen molar-refractivity contribution in [3.63, 3.8) is 0 Å². The number of hydrogen-bond donors (Lipinski definition) is 1. The zero-order valence-corrected chi connectivity index (χ0v) is 13.1. The van der Waals surface area contributed by atoms with Crippen molar-refractivity contribution >= 4 is 22.8 Å². The van der Waals surface area contributed by atoms with Gasteiger partial charge in [-0.25, -0.2) is 14.8 Å². The first-order valence-electron chi connectivity index (χ1n) is 7.23. The number of amides is 1. The predicted molar refractivity (Wildman–Crippen MR) is 84.8 cm³/mol. The number of hydrogen-bond acceptors (Lipinski definition) is 5. The third kappa shape index (κ3) is 3.92. The molecule has 22 heavy (non-hydrogen) atoms. The highest BCUT2D eigenvalue weighted by Gasteiger charge is 2.25. The fourth-order valence-electron chi connectivity index (χ4n) is 2.04. The van der Waals surface area contributed by atoms with Gasteiger partial charge in [0.05, 0.1) is 5.52 Å². The first-order valence-corrected chi connectivity index (χ1v) is 7.23. The molecular formula is C16H21N3O3. The smallest absolute Gasteiger partial charge is 0.416 e. The molecule has 2 aromatic rings. The van der Waals surface area contributed by atoms with Crippen molar-refractivity contribution in [3.8, 4) is 0 Å². The highest BCUT2D eigenvalue weighted by atomic mass is 16.6. The lowest BCUT2D eigenvalue weighted by molar-refractivity contribution is 0.0578. The molecule has 0 saturated heterocycles. The van der Waals surface area contributed by atoms with Crippen LogP contribution in [0.2, 0.25) is 0 Å². The Kier molecular flexibility index (Phi) is 4.92. The van der Waals surface area contributed by atoms with Gasteiger partial charge in [0, 0.05) is 18.5 Å². The third-order valence-corrected chi connectivity index (χ3v) is 2.93. The monoisotopic (exact) mass is 303 g/mol. The van der Waals surface area contributed by atoms with Crippen LogP contribution < -0.4 is 4.90 Å². The molecule has 2 rings (SSSR count). The molecule has 0 unspecified atom stereocenters. The molecular weight excluding hydrogens is 282 g/mol. The maximum absolute atomic E-state index is 12.5. The van der Waals surface area contributed by atoms with Crippen LogP contribution in [0.3, 0.4) is 0 Å². The van der Waals surface area contributed by atoms with E-state index in [1.54, 1.807) is 0 Å². The zero-order chi connectivity index (χ0) is 16.2. The number of carbonyl (C=O) groups is 1. The summed E-state index contributed by atoms with van der Waals surface area (Å²) in [6, 6.07) is 7.47. The number of aliphatic hydroxyl groups is 1. The first kappa shape index (κ1) is 16.2. The Bertz CT molecular complexity index is 647. The van der Waals surface area contributed by atoms with Crippen LogP contribution in [-0.4, -0.2) is 39.9 Å². The average molecular weight is 303 g/mol. The normalized spacial score (nSPS) is 11.5. The first-order chi connectivity index (χ1) is 10.4. The summed E-state index contributed by atoms with van der Waals surface area (Å²) in [5.74, 6) is 0.494. The second-order valence-electron chi connectivity index (χ2n) is 5.92. The fourth-order valence-corrected chi connectivity index (χ4v) is 2.04. The van der Waals surface area contributed by atoms with E-state index in [2.05, 4.69) is 9.97 Å². The van der Waals surface area contributed by atoms with Crippen molar-refractivity contribution in [2.45, 2.75) is 32.8 Å². The lowest BCUT2D eigenvalue weighted by Gasteiger charge is -2.27. The van der Waals surface area contributed by atoms with Gasteiger partial charge in [-0.1, -0.05) is 12.1 Å². The number of aromatic nitrogens is 2. The van der Waals surface area contributed by atoms with Crippen molar-refractivity contribution in [3.05, 3.63) is 30.6 Å². The fraction of sp³-hybridized carbons (Fsp3) is 0.438. The van der Waals surface area contributed by atoms with Gasteiger partial charge in [0.15, 0.2) is 0 Å². The van der Waals surface area contributed by atoms with Crippen LogP contribution in [0.4, 0.5) is 10.6 Å². The van der Waals surface area contributed by atoms with Crippen LogP contribution in [0, 0.1) is 0 Å². The Labute approximate surface area is 129 Å². The van der Waals surface area contributed by atoms with Crippen LogP contribution in [0.15, 0.2) is 30.6 Å². The molecule has 6 nitrogen and oxygen atoms in total. The van der Waals surface area contributed by atoms with E-state index in [9.17, 15) is 4.79 Å². The quantitative estimate of drug-likeness (QED) is 0.940. The van der Waals surface area contributed by atoms with Gasteiger partial charge in [0.25, 0.3) is 0 Å². The summed E-state index contributed by atoms with van der Waals surface area (Å²) < 4.78 is 5.45. The van der Waals surface area contributed by atoms with E-state index in [4.69, 9.17) is 9.84 Å². The summed E-state index contributed by atoms with van der Waals surface area (Å²) in [6.45, 7) is 5.75. The highest BCUT2D eigenvalue weighted by Crippen LogP contribution is 2.24. The summed E-state index contributed by atoms with van der Waals surface area (Å²) in [4.78, 5) is 22.4. The number of aliphatic hydroxyl groups excluding tert-OH is 1. The van der Waals surface area contributed by atoms with Crippen molar-refractivity contribution in [1.82, 2.24) is 9.97 Å². The molecule has 0 saturated carbocycles. The molecule has 0 radical (unpaired) electrons. The molecule has 6 heteroatoms. The van der Waals surface area contributed by atoms with Gasteiger partial charge in [-0.2, -0.15) is 0 Å². The molecule has 0 spiro atoms. The van der Waals surface area contributed by atoms with Gasteiger partial charge in [-0.15, -0.1) is 0 Å². The summed E-state index contributed by atoms with van der Waals surface area (Å²) in [6.07, 6.45) is 1.38. The number of carbonyl (C=O) groups excluding carboxylic acids is 1. The molecule has 0 bridgehead atoms. The maximum Gasteiger partial charge on any atom is 0.416 e. The van der Waals surface area contributed by atoms with Crippen molar-refractivity contribution < 1.29 is 14.6 Å². The van der Waals surface area contributed by atoms with Gasteiger partial charge in [0.1, 0.15) is 17.7 Å². The van der Waals surface area contributed by atoms with Crippen LogP contribution in [0.1, 0.15) is 27.2 Å². The minimum Gasteiger partial charge on any atom is -0.443 e. The van der Waals surface area contributed by atoms with Crippen LogP contribution in [0.5, 0.6) is 0 Å². The summed E-state index contributed by atoms with van der Waals surface area (Å²) in [7, 11) is 0. The van der Waals surface area contributed by atoms with Crippen LogP contribution >= 0.6 is 0 Å². The van der Waals surface area contributed by atoms with E-state index < -0.39 is 11.7 Å². The number of fused-ring (bicyclic) bond motifs is 1. The molecule has 118 valence electrons. The zero-order valence-electron chi connectivity index (χ0n) is 13.1. The number of rotatable bonds is 4. The number of para-hydroxylation sites is 1. The standard InChI is InChI=1S/C16H21N3O3/c1-16(2,3)22-15(21)19(9-6-10-20)14-12-7-4-5-8-13(12)17-11-18-14/h4-5,7-8,11,20H,6,9-10H2,1-3H3. The second-order valence-corrected chi connectivity index (χ2v) is 5.92. The minimum absolute atomic E-state index is 0.0116. The topological polar surface area (TPSA) is 75.5 Å². The summed E-state index contributed by atoms with van der Waals surface area (Å²) >= 11 is 0. The molecule has 0 atom stereocenters. The Morgan fingerprint density at radius 1 is 1.27 bits per heavy atom. The molecule has 1 heterocycles. The van der Waals surface area contributed by atoms with E-state index in [0.717, 1.165) is 10.9 Å². The van der Waals surface area contributed by atoms with Crippen molar-refractivity contribution in [1.29, 1.82) is 0 Å². The third-order valence-electron chi connectivity index (χ3n) is 2.93. The Morgan fingerprint density at radius 2 is 2.00 bits per heavy atom. The van der Waals surface area contributed by atoms with Crippen molar-refractivity contribution in [2.75, 3.05) is 18.1 Å². The van der Waals surface area contributed by atoms with Crippen molar-refractivity contribution in [2.24, 2.45) is 0 Å². The summed E-state index contributed by atoms with van der Waals surface area (Å²) in [5, 5.41) is 9.85. The molecule has 1 aromatic carbocycles. The molecule has 1 N–H and O–H groups in total. The van der Waals surface area contributed by atoms with Gasteiger partial charge in [-0.05, 0) is 39.3 Å². The van der Waals surface area contributed by atoms with E-state index in [-0.39, 0.29) is 6.61 Å². The van der Waals surface area contributed by atoms with Gasteiger partial charge < -0.3 is 9.84 Å². The van der Waals surface area contributed by atoms with Gasteiger partial charge in [0.2, 0.25) is 0 Å². The van der Waals surface area contributed by atoms with E-state index in [1.807, 2.05) is 45.0 Å². The number of ether oxygens (including phenoxy) is 1. The number of benzene rings is 1. The Balaban J connectivity index is 2.41.